The Morgan fingerprint density at radius 3 is 1.21 bits per heavy atom. The number of hydrogen-bond donors (Lipinski definition) is 0. The number of hydrogen-bond acceptors (Lipinski definition) is 26. The van der Waals surface area contributed by atoms with Gasteiger partial charge in [-0.25, -0.2) is 0 Å². The molecule has 2 saturated heterocycles. The van der Waals surface area contributed by atoms with E-state index >= 15 is 0 Å². The van der Waals surface area contributed by atoms with Crippen molar-refractivity contribution in [3.8, 4) is 0 Å². The molecule has 372 valence electrons. The van der Waals surface area contributed by atoms with Crippen LogP contribution in [0.2, 0.25) is 0 Å². The summed E-state index contributed by atoms with van der Waals surface area (Å²) in [6, 6.07) is 0. The van der Waals surface area contributed by atoms with Crippen LogP contribution in [0.25, 0.3) is 0 Å². The van der Waals surface area contributed by atoms with Crippen molar-refractivity contribution in [3.05, 3.63) is 0 Å². The van der Waals surface area contributed by atoms with Crippen molar-refractivity contribution in [1.82, 2.24) is 0 Å². The molecule has 0 radical (unpaired) electrons. The molecule has 26 heteroatoms. The van der Waals surface area contributed by atoms with Crippen molar-refractivity contribution in [2.45, 2.75) is 169 Å². The molecule has 2 aliphatic rings. The van der Waals surface area contributed by atoms with Crippen LogP contribution in [0.15, 0.2) is 0 Å². The lowest BCUT2D eigenvalue weighted by atomic mass is 9.96. The Morgan fingerprint density at radius 1 is 0.394 bits per heavy atom. The maximum absolute atomic E-state index is 12.9. The van der Waals surface area contributed by atoms with Crippen molar-refractivity contribution in [3.63, 3.8) is 0 Å². The van der Waals surface area contributed by atoms with Crippen molar-refractivity contribution in [2.75, 3.05) is 19.8 Å². The van der Waals surface area contributed by atoms with Crippen molar-refractivity contribution in [2.24, 2.45) is 0 Å². The lowest BCUT2D eigenvalue weighted by Gasteiger charge is -2.49. The van der Waals surface area contributed by atoms with Crippen LogP contribution in [0.1, 0.15) is 83.1 Å². The number of carbonyl (C=O) groups is 11. The van der Waals surface area contributed by atoms with Crippen molar-refractivity contribution >= 4 is 65.7 Å². The number of ether oxygens (including phenoxy) is 15. The minimum atomic E-state index is -2.19. The summed E-state index contributed by atoms with van der Waals surface area (Å²) in [5.41, 5.74) is 0. The SMILES string of the molecule is CC(=O)OC[C@H]1O[C@@H](O[C@@H]([C@H](OC(C)=O)[C@@H](COC(C)=O)OC(C)=O)[C@@H](COC(C)=O)OC(C)=O)[C@H](O[C@@H]2O[C@@H](C)[C@@H](OC(C)=O)[C@@H](OC(C)=O)[C@@H]2OC(C)=O)[C@@H](OC(C)=O)[C@H]1OC(C)=O. The largest absolute Gasteiger partial charge is 0.463 e. The molecule has 2 aliphatic heterocycles. The fourth-order valence-corrected chi connectivity index (χ4v) is 6.65. The maximum atomic E-state index is 12.9. The Bertz CT molecular complexity index is 1780. The summed E-state index contributed by atoms with van der Waals surface area (Å²) < 4.78 is 84.8. The van der Waals surface area contributed by atoms with Gasteiger partial charge in [-0.2, -0.15) is 0 Å². The Morgan fingerprint density at radius 2 is 0.788 bits per heavy atom. The molecule has 0 amide bonds. The van der Waals surface area contributed by atoms with Crippen molar-refractivity contribution < 1.29 is 124 Å². The van der Waals surface area contributed by atoms with Gasteiger partial charge < -0.3 is 71.1 Å². The highest BCUT2D eigenvalue weighted by molar-refractivity contribution is 5.70. The molecule has 0 unspecified atom stereocenters. The third kappa shape index (κ3) is 18.5. The molecule has 0 aromatic rings. The zero-order valence-corrected chi connectivity index (χ0v) is 38.3. The lowest BCUT2D eigenvalue weighted by Crippen LogP contribution is -2.67. The minimum Gasteiger partial charge on any atom is -0.463 e. The highest BCUT2D eigenvalue weighted by atomic mass is 16.8. The van der Waals surface area contributed by atoms with Crippen LogP contribution in [-0.4, -0.2) is 171 Å². The fraction of sp³-hybridized carbons (Fsp3) is 0.725. The molecule has 26 nitrogen and oxygen atoms in total. The summed E-state index contributed by atoms with van der Waals surface area (Å²) >= 11 is 0. The van der Waals surface area contributed by atoms with E-state index in [1.807, 2.05) is 0 Å². The first-order valence-electron chi connectivity index (χ1n) is 20.1. The zero-order valence-electron chi connectivity index (χ0n) is 38.3. The lowest BCUT2D eigenvalue weighted by molar-refractivity contribution is -0.376. The Labute approximate surface area is 377 Å². The second-order valence-electron chi connectivity index (χ2n) is 14.6. The van der Waals surface area contributed by atoms with Gasteiger partial charge in [0.2, 0.25) is 0 Å². The number of rotatable bonds is 21. The van der Waals surface area contributed by atoms with Gasteiger partial charge in [0.15, 0.2) is 67.5 Å². The average molecular weight is 953 g/mol. The van der Waals surface area contributed by atoms with E-state index in [0.717, 1.165) is 76.2 Å². The first-order valence-corrected chi connectivity index (χ1v) is 20.1. The molecule has 2 fully saturated rings. The first-order chi connectivity index (χ1) is 30.7. The van der Waals surface area contributed by atoms with Crippen LogP contribution in [0.3, 0.4) is 0 Å². The molecule has 66 heavy (non-hydrogen) atoms. The van der Waals surface area contributed by atoms with E-state index in [9.17, 15) is 52.7 Å². The molecule has 0 aliphatic carbocycles. The summed E-state index contributed by atoms with van der Waals surface area (Å²) in [6.45, 7) is 9.50. The van der Waals surface area contributed by atoms with E-state index in [1.165, 1.54) is 6.92 Å². The summed E-state index contributed by atoms with van der Waals surface area (Å²) in [5, 5.41) is 0. The standard InChI is InChI=1S/C40H56O26/c1-16-31(58-22(7)46)35(61-25(10)49)37(63-27(12)51)39(55-16)66-38-36(62-26(11)50)34(60-24(9)48)30(15-54-19(4)43)64-40(38)65-33(29(57-21(6)45)14-53-18(3)42)32(59-23(8)47)28(56-20(5)44)13-52-17(2)41/h16,28-40H,13-15H2,1-12H3/t16-,28+,29+,30+,31+,32+,33+,34-,35+,36-,37-,38+,39-,40-/m0/s1. The summed E-state index contributed by atoms with van der Waals surface area (Å²) in [5.74, 6) is -10.8. The normalized spacial score (nSPS) is 26.5. The molecule has 14 atom stereocenters. The topological polar surface area (TPSA) is 326 Å². The van der Waals surface area contributed by atoms with Gasteiger partial charge in [-0.3, -0.25) is 52.7 Å². The average Bonchev–Trinajstić information content (AvgIpc) is 3.16. The third-order valence-corrected chi connectivity index (χ3v) is 8.76. The van der Waals surface area contributed by atoms with Crippen LogP contribution >= 0.6 is 0 Å². The predicted molar refractivity (Wildman–Crippen MR) is 207 cm³/mol. The molecule has 0 aromatic carbocycles. The molecule has 0 spiro atoms. The molecular formula is C40H56O26. The fourth-order valence-electron chi connectivity index (χ4n) is 6.65. The van der Waals surface area contributed by atoms with Crippen LogP contribution in [-0.2, 0) is 124 Å². The summed E-state index contributed by atoms with van der Waals surface area (Å²) in [7, 11) is 0. The highest BCUT2D eigenvalue weighted by Crippen LogP contribution is 2.37. The Hall–Kier alpha value is -5.99. The molecule has 0 N–H and O–H groups in total. The van der Waals surface area contributed by atoms with E-state index in [2.05, 4.69) is 0 Å². The van der Waals surface area contributed by atoms with Crippen LogP contribution in [0, 0.1) is 0 Å². The maximum Gasteiger partial charge on any atom is 0.303 e. The van der Waals surface area contributed by atoms with Gasteiger partial charge in [0, 0.05) is 76.2 Å². The monoisotopic (exact) mass is 952 g/mol. The molecule has 0 aromatic heterocycles. The van der Waals surface area contributed by atoms with E-state index in [4.69, 9.17) is 71.1 Å². The molecule has 2 rings (SSSR count). The van der Waals surface area contributed by atoms with Crippen molar-refractivity contribution in [1.29, 1.82) is 0 Å². The van der Waals surface area contributed by atoms with Gasteiger partial charge in [0.05, 0.1) is 6.10 Å². The van der Waals surface area contributed by atoms with Gasteiger partial charge >= 0.3 is 65.7 Å². The predicted octanol–water partition coefficient (Wildman–Crippen LogP) is -0.631. The van der Waals surface area contributed by atoms with Gasteiger partial charge in [-0.15, -0.1) is 0 Å². The Balaban J connectivity index is 3.13. The van der Waals surface area contributed by atoms with Crippen LogP contribution in [0.4, 0.5) is 0 Å². The summed E-state index contributed by atoms with van der Waals surface area (Å²) in [6.07, 6.45) is -25.7. The van der Waals surface area contributed by atoms with E-state index in [0.29, 0.717) is 0 Å². The van der Waals surface area contributed by atoms with Gasteiger partial charge in [0.25, 0.3) is 0 Å². The van der Waals surface area contributed by atoms with E-state index in [1.54, 1.807) is 0 Å². The zero-order chi connectivity index (χ0) is 50.2. The highest BCUT2D eigenvalue weighted by Gasteiger charge is 2.58. The number of esters is 11. The van der Waals surface area contributed by atoms with Gasteiger partial charge in [-0.05, 0) is 6.92 Å². The Kier molecular flexibility index (Phi) is 22.3. The van der Waals surface area contributed by atoms with Gasteiger partial charge in [0.1, 0.15) is 32.0 Å². The second-order valence-corrected chi connectivity index (χ2v) is 14.6. The van der Waals surface area contributed by atoms with E-state index in [-0.39, 0.29) is 0 Å². The molecule has 0 bridgehead atoms. The van der Waals surface area contributed by atoms with Crippen LogP contribution < -0.4 is 0 Å². The number of carbonyl (C=O) groups excluding carboxylic acids is 11. The quantitative estimate of drug-likeness (QED) is 0.102. The minimum absolute atomic E-state index is 0.773. The summed E-state index contributed by atoms with van der Waals surface area (Å²) in [4.78, 5) is 137. The third-order valence-electron chi connectivity index (χ3n) is 8.76. The molecule has 2 heterocycles. The smallest absolute Gasteiger partial charge is 0.303 e. The molecular weight excluding hydrogens is 896 g/mol. The van der Waals surface area contributed by atoms with E-state index < -0.39 is 171 Å². The first kappa shape index (κ1) is 56.1. The van der Waals surface area contributed by atoms with Gasteiger partial charge in [-0.1, -0.05) is 0 Å². The second kappa shape index (κ2) is 26.2. The molecule has 0 saturated carbocycles. The van der Waals surface area contributed by atoms with Crippen LogP contribution in [0.5, 0.6) is 0 Å².